The average Bonchev–Trinajstić information content (AvgIpc) is 2.74. The molecule has 2 aromatic rings. The van der Waals surface area contributed by atoms with Gasteiger partial charge in [-0.3, -0.25) is 4.79 Å². The number of carbonyl (C=O) groups excluding carboxylic acids is 3. The van der Waals surface area contributed by atoms with Crippen molar-refractivity contribution in [3.8, 4) is 11.5 Å². The molecular weight excluding hydrogens is 372 g/mol. The van der Waals surface area contributed by atoms with Crippen LogP contribution >= 0.6 is 0 Å². The van der Waals surface area contributed by atoms with E-state index in [2.05, 4.69) is 13.2 Å². The first kappa shape index (κ1) is 21.6. The van der Waals surface area contributed by atoms with Gasteiger partial charge in [-0.15, -0.1) is 0 Å². The molecule has 0 aliphatic heterocycles. The van der Waals surface area contributed by atoms with E-state index in [1.165, 1.54) is 0 Å². The molecule has 0 N–H and O–H groups in total. The molecule has 0 heterocycles. The topological polar surface area (TPSA) is 78.9 Å². The third-order valence-corrected chi connectivity index (χ3v) is 3.88. The maximum Gasteiger partial charge on any atom is 0.335 e. The van der Waals surface area contributed by atoms with Crippen LogP contribution in [-0.4, -0.2) is 24.5 Å². The van der Waals surface area contributed by atoms with Crippen molar-refractivity contribution in [3.63, 3.8) is 0 Å². The van der Waals surface area contributed by atoms with Gasteiger partial charge in [0.2, 0.25) is 0 Å². The van der Waals surface area contributed by atoms with E-state index < -0.39 is 11.9 Å². The van der Waals surface area contributed by atoms with E-state index in [-0.39, 0.29) is 19.0 Å². The van der Waals surface area contributed by atoms with Gasteiger partial charge in [0.25, 0.3) is 0 Å². The lowest BCUT2D eigenvalue weighted by Crippen LogP contribution is -2.09. The predicted octanol–water partition coefficient (Wildman–Crippen LogP) is 3.59. The minimum Gasteiger partial charge on any atom is -0.462 e. The van der Waals surface area contributed by atoms with Gasteiger partial charge in [-0.2, -0.15) is 0 Å². The number of hydrogen-bond acceptors (Lipinski definition) is 6. The first-order chi connectivity index (χ1) is 14.0. The zero-order valence-corrected chi connectivity index (χ0v) is 16.0. The van der Waals surface area contributed by atoms with Crippen LogP contribution in [0.4, 0.5) is 0 Å². The van der Waals surface area contributed by atoms with Gasteiger partial charge in [0, 0.05) is 25.0 Å². The fraction of sp³-hybridized carbons (Fsp3) is 0.174. The minimum atomic E-state index is -0.523. The second-order valence-electron chi connectivity index (χ2n) is 6.01. The number of rotatable bonds is 10. The number of ether oxygens (including phenoxy) is 3. The quantitative estimate of drug-likeness (QED) is 0.348. The van der Waals surface area contributed by atoms with E-state index in [1.807, 2.05) is 12.1 Å². The first-order valence-electron chi connectivity index (χ1n) is 9.02. The minimum absolute atomic E-state index is 0.213. The van der Waals surface area contributed by atoms with E-state index in [9.17, 15) is 14.4 Å². The molecule has 0 fully saturated rings. The summed E-state index contributed by atoms with van der Waals surface area (Å²) in [5, 5.41) is 0. The molecule has 6 nitrogen and oxygen atoms in total. The van der Waals surface area contributed by atoms with Crippen molar-refractivity contribution >= 4 is 17.9 Å². The Bertz CT molecular complexity index is 865. The molecule has 0 saturated carbocycles. The highest BCUT2D eigenvalue weighted by atomic mass is 16.5. The van der Waals surface area contributed by atoms with Gasteiger partial charge in [-0.1, -0.05) is 37.4 Å². The summed E-state index contributed by atoms with van der Waals surface area (Å²) < 4.78 is 15.2. The summed E-state index contributed by atoms with van der Waals surface area (Å²) >= 11 is 0. The summed E-state index contributed by atoms with van der Waals surface area (Å²) in [4.78, 5) is 34.2. The first-order valence-corrected chi connectivity index (χ1v) is 9.02. The molecule has 0 bridgehead atoms. The Hall–Kier alpha value is -3.67. The van der Waals surface area contributed by atoms with Gasteiger partial charge >= 0.3 is 17.9 Å². The SMILES string of the molecule is C=CC(=O)OCCc1ccc(OC(=O)CCc2ccc(OC(=O)C=C)cc2)cc1. The van der Waals surface area contributed by atoms with E-state index >= 15 is 0 Å². The van der Waals surface area contributed by atoms with Crippen LogP contribution in [0.5, 0.6) is 11.5 Å². The van der Waals surface area contributed by atoms with E-state index in [4.69, 9.17) is 14.2 Å². The second kappa shape index (κ2) is 11.2. The molecule has 0 saturated heterocycles. The highest BCUT2D eigenvalue weighted by Crippen LogP contribution is 2.16. The number of aryl methyl sites for hydroxylation is 1. The summed E-state index contributed by atoms with van der Waals surface area (Å²) in [5.41, 5.74) is 1.88. The van der Waals surface area contributed by atoms with Gasteiger partial charge in [-0.25, -0.2) is 9.59 Å². The number of hydrogen-bond donors (Lipinski definition) is 0. The summed E-state index contributed by atoms with van der Waals surface area (Å²) in [6.07, 6.45) is 3.49. The Kier molecular flexibility index (Phi) is 8.38. The number of benzene rings is 2. The van der Waals surface area contributed by atoms with Crippen LogP contribution in [0.1, 0.15) is 17.5 Å². The molecule has 0 atom stereocenters. The highest BCUT2D eigenvalue weighted by Gasteiger charge is 2.07. The zero-order valence-electron chi connectivity index (χ0n) is 16.0. The molecule has 0 amide bonds. The molecule has 6 heteroatoms. The third kappa shape index (κ3) is 7.84. The molecule has 0 spiro atoms. The highest BCUT2D eigenvalue weighted by molar-refractivity contribution is 5.83. The average molecular weight is 394 g/mol. The molecular formula is C23H22O6. The summed E-state index contributed by atoms with van der Waals surface area (Å²) in [6.45, 7) is 6.93. The zero-order chi connectivity index (χ0) is 21.1. The molecule has 29 heavy (non-hydrogen) atoms. The standard InChI is InChI=1S/C23H22O6/c1-3-21(24)27-16-15-18-7-12-20(13-8-18)29-23(26)14-9-17-5-10-19(11-6-17)28-22(25)4-2/h3-8,10-13H,1-2,9,14-16H2. The maximum absolute atomic E-state index is 12.0. The predicted molar refractivity (Wildman–Crippen MR) is 108 cm³/mol. The molecule has 0 aromatic heterocycles. The smallest absolute Gasteiger partial charge is 0.335 e. The molecule has 0 aliphatic rings. The fourth-order valence-electron chi connectivity index (χ4n) is 2.36. The molecule has 0 unspecified atom stereocenters. The Morgan fingerprint density at radius 3 is 1.79 bits per heavy atom. The van der Waals surface area contributed by atoms with Crippen LogP contribution in [0.3, 0.4) is 0 Å². The van der Waals surface area contributed by atoms with Crippen LogP contribution < -0.4 is 9.47 Å². The van der Waals surface area contributed by atoms with Gasteiger partial charge in [-0.05, 0) is 41.8 Å². The molecule has 2 aromatic carbocycles. The lowest BCUT2D eigenvalue weighted by Gasteiger charge is -2.07. The molecule has 0 aliphatic carbocycles. The molecule has 0 radical (unpaired) electrons. The summed E-state index contributed by atoms with van der Waals surface area (Å²) in [6, 6.07) is 13.9. The van der Waals surface area contributed by atoms with Gasteiger partial charge in [0.1, 0.15) is 11.5 Å². The maximum atomic E-state index is 12.0. The lowest BCUT2D eigenvalue weighted by atomic mass is 10.1. The Morgan fingerprint density at radius 2 is 1.24 bits per heavy atom. The van der Waals surface area contributed by atoms with Crippen LogP contribution in [0.25, 0.3) is 0 Å². The van der Waals surface area contributed by atoms with Crippen LogP contribution in [0.15, 0.2) is 73.8 Å². The number of esters is 3. The fourth-order valence-corrected chi connectivity index (χ4v) is 2.36. The van der Waals surface area contributed by atoms with E-state index in [0.717, 1.165) is 23.3 Å². The summed E-state index contributed by atoms with van der Waals surface area (Å²) in [5.74, 6) is -0.456. The van der Waals surface area contributed by atoms with Crippen molar-refractivity contribution in [3.05, 3.63) is 85.0 Å². The number of carbonyl (C=O) groups is 3. The Morgan fingerprint density at radius 1 is 0.724 bits per heavy atom. The van der Waals surface area contributed by atoms with E-state index in [0.29, 0.717) is 24.3 Å². The van der Waals surface area contributed by atoms with Crippen LogP contribution in [0, 0.1) is 0 Å². The van der Waals surface area contributed by atoms with E-state index in [1.54, 1.807) is 36.4 Å². The van der Waals surface area contributed by atoms with Crippen molar-refractivity contribution in [2.24, 2.45) is 0 Å². The van der Waals surface area contributed by atoms with Crippen LogP contribution in [-0.2, 0) is 32.0 Å². The summed E-state index contributed by atoms with van der Waals surface area (Å²) in [7, 11) is 0. The van der Waals surface area contributed by atoms with Crippen molar-refractivity contribution in [2.45, 2.75) is 19.3 Å². The second-order valence-corrected chi connectivity index (χ2v) is 6.01. The van der Waals surface area contributed by atoms with Gasteiger partial charge in [0.15, 0.2) is 0 Å². The Labute approximate surface area is 169 Å². The van der Waals surface area contributed by atoms with Gasteiger partial charge < -0.3 is 14.2 Å². The largest absolute Gasteiger partial charge is 0.462 e. The third-order valence-electron chi connectivity index (χ3n) is 3.88. The van der Waals surface area contributed by atoms with Crippen molar-refractivity contribution in [2.75, 3.05) is 6.61 Å². The van der Waals surface area contributed by atoms with Crippen molar-refractivity contribution < 1.29 is 28.6 Å². The van der Waals surface area contributed by atoms with Crippen LogP contribution in [0.2, 0.25) is 0 Å². The normalized spacial score (nSPS) is 9.93. The monoisotopic (exact) mass is 394 g/mol. The lowest BCUT2D eigenvalue weighted by molar-refractivity contribution is -0.137. The van der Waals surface area contributed by atoms with Crippen molar-refractivity contribution in [1.82, 2.24) is 0 Å². The van der Waals surface area contributed by atoms with Gasteiger partial charge in [0.05, 0.1) is 6.61 Å². The Balaban J connectivity index is 1.76. The molecule has 2 rings (SSSR count). The molecule has 150 valence electrons. The van der Waals surface area contributed by atoms with Crippen molar-refractivity contribution in [1.29, 1.82) is 0 Å².